The molecule has 2 aromatic rings. The molecule has 0 aliphatic rings. The van der Waals surface area contributed by atoms with Gasteiger partial charge >= 0.3 is 0 Å². The van der Waals surface area contributed by atoms with Crippen LogP contribution in [0.2, 0.25) is 5.02 Å². The number of aromatic nitrogens is 1. The first-order valence-corrected chi connectivity index (χ1v) is 4.28. The number of hydrogen-bond acceptors (Lipinski definition) is 3. The molecule has 1 heterocycles. The second-order valence-electron chi connectivity index (χ2n) is 2.81. The summed E-state index contributed by atoms with van der Waals surface area (Å²) in [4.78, 5) is 0. The molecule has 0 fully saturated rings. The Kier molecular flexibility index (Phi) is 2.05. The molecule has 72 valence electrons. The van der Waals surface area contributed by atoms with Gasteiger partial charge in [-0.05, 0) is 24.3 Å². The Morgan fingerprint density at radius 3 is 2.79 bits per heavy atom. The van der Waals surface area contributed by atoms with Crippen LogP contribution >= 0.6 is 11.6 Å². The van der Waals surface area contributed by atoms with E-state index in [1.54, 1.807) is 18.2 Å². The average Bonchev–Trinajstić information content (AvgIpc) is 2.19. The SMILES string of the molecule is ON=c1ccn(O)c2cc(Cl)ccc12. The second-order valence-corrected chi connectivity index (χ2v) is 3.24. The highest BCUT2D eigenvalue weighted by atomic mass is 35.5. The van der Waals surface area contributed by atoms with Crippen LogP contribution in [0.25, 0.3) is 10.9 Å². The molecule has 1 aromatic carbocycles. The van der Waals surface area contributed by atoms with E-state index in [9.17, 15) is 5.21 Å². The molecule has 0 radical (unpaired) electrons. The number of benzene rings is 1. The Morgan fingerprint density at radius 1 is 1.29 bits per heavy atom. The zero-order chi connectivity index (χ0) is 10.1. The number of pyridine rings is 1. The number of rotatable bonds is 0. The van der Waals surface area contributed by atoms with Gasteiger partial charge in [0.2, 0.25) is 0 Å². The Bertz CT molecular complexity index is 548. The molecule has 2 rings (SSSR count). The van der Waals surface area contributed by atoms with Gasteiger partial charge in [0.05, 0.1) is 5.52 Å². The van der Waals surface area contributed by atoms with Crippen molar-refractivity contribution in [2.45, 2.75) is 0 Å². The third kappa shape index (κ3) is 1.29. The first kappa shape index (κ1) is 8.90. The minimum Gasteiger partial charge on any atom is -0.428 e. The lowest BCUT2D eigenvalue weighted by molar-refractivity contribution is 0.197. The maximum atomic E-state index is 9.45. The van der Waals surface area contributed by atoms with Gasteiger partial charge in [-0.2, -0.15) is 4.73 Å². The minimum atomic E-state index is 0.391. The molecule has 0 spiro atoms. The molecule has 4 nitrogen and oxygen atoms in total. The fraction of sp³-hybridized carbons (Fsp3) is 0. The normalized spacial score (nSPS) is 12.2. The molecular formula is C9H7ClN2O2. The highest BCUT2D eigenvalue weighted by Gasteiger charge is 2.01. The molecule has 0 saturated carbocycles. The van der Waals surface area contributed by atoms with Gasteiger partial charge in [-0.15, -0.1) is 0 Å². The van der Waals surface area contributed by atoms with Crippen molar-refractivity contribution in [2.75, 3.05) is 0 Å². The standard InChI is InChI=1S/C9H7ClN2O2/c10-6-1-2-7-8(11-13)3-4-12(14)9(7)5-6/h1-5,13-14H. The van der Waals surface area contributed by atoms with Gasteiger partial charge in [-0.25, -0.2) is 0 Å². The van der Waals surface area contributed by atoms with E-state index in [2.05, 4.69) is 5.16 Å². The van der Waals surface area contributed by atoms with Crippen molar-refractivity contribution in [3.05, 3.63) is 40.8 Å². The molecule has 0 bridgehead atoms. The zero-order valence-electron chi connectivity index (χ0n) is 7.05. The molecule has 1 aromatic heterocycles. The van der Waals surface area contributed by atoms with E-state index in [1.807, 2.05) is 0 Å². The van der Waals surface area contributed by atoms with E-state index in [-0.39, 0.29) is 0 Å². The van der Waals surface area contributed by atoms with E-state index in [0.29, 0.717) is 21.3 Å². The summed E-state index contributed by atoms with van der Waals surface area (Å²) in [6, 6.07) is 6.43. The molecule has 5 heteroatoms. The molecule has 2 N–H and O–H groups in total. The van der Waals surface area contributed by atoms with Gasteiger partial charge in [-0.3, -0.25) is 0 Å². The maximum Gasteiger partial charge on any atom is 0.113 e. The largest absolute Gasteiger partial charge is 0.428 e. The Morgan fingerprint density at radius 2 is 2.07 bits per heavy atom. The van der Waals surface area contributed by atoms with Crippen molar-refractivity contribution >= 4 is 22.5 Å². The van der Waals surface area contributed by atoms with Crippen LogP contribution in [-0.2, 0) is 0 Å². The highest BCUT2D eigenvalue weighted by molar-refractivity contribution is 6.31. The minimum absolute atomic E-state index is 0.391. The van der Waals surface area contributed by atoms with Crippen LogP contribution in [0.3, 0.4) is 0 Å². The summed E-state index contributed by atoms with van der Waals surface area (Å²) >= 11 is 5.77. The quantitative estimate of drug-likeness (QED) is 0.396. The summed E-state index contributed by atoms with van der Waals surface area (Å²) in [7, 11) is 0. The van der Waals surface area contributed by atoms with Crippen molar-refractivity contribution in [3.63, 3.8) is 0 Å². The monoisotopic (exact) mass is 210 g/mol. The summed E-state index contributed by atoms with van der Waals surface area (Å²) in [5, 5.41) is 22.8. The fourth-order valence-electron chi connectivity index (χ4n) is 1.31. The second kappa shape index (κ2) is 3.23. The molecular weight excluding hydrogens is 204 g/mol. The van der Waals surface area contributed by atoms with Gasteiger partial charge in [0.1, 0.15) is 5.36 Å². The predicted octanol–water partition coefficient (Wildman–Crippen LogP) is 1.82. The summed E-state index contributed by atoms with van der Waals surface area (Å²) in [6.45, 7) is 0. The highest BCUT2D eigenvalue weighted by Crippen LogP contribution is 2.15. The van der Waals surface area contributed by atoms with E-state index in [1.165, 1.54) is 12.3 Å². The van der Waals surface area contributed by atoms with Gasteiger partial charge in [0.15, 0.2) is 0 Å². The Hall–Kier alpha value is -1.68. The molecule has 0 amide bonds. The van der Waals surface area contributed by atoms with Gasteiger partial charge in [0, 0.05) is 16.6 Å². The van der Waals surface area contributed by atoms with Crippen LogP contribution in [0.4, 0.5) is 0 Å². The van der Waals surface area contributed by atoms with Crippen molar-refractivity contribution in [3.8, 4) is 0 Å². The fourth-order valence-corrected chi connectivity index (χ4v) is 1.48. The number of nitrogens with zero attached hydrogens (tertiary/aromatic N) is 2. The zero-order valence-corrected chi connectivity index (χ0v) is 7.81. The van der Waals surface area contributed by atoms with E-state index in [4.69, 9.17) is 16.8 Å². The molecule has 0 aliphatic carbocycles. The molecule has 0 unspecified atom stereocenters. The molecule has 0 saturated heterocycles. The van der Waals surface area contributed by atoms with Crippen LogP contribution in [-0.4, -0.2) is 15.1 Å². The van der Waals surface area contributed by atoms with Crippen LogP contribution < -0.4 is 5.36 Å². The lowest BCUT2D eigenvalue weighted by Crippen LogP contribution is -2.07. The Labute approximate surface area is 84.2 Å². The van der Waals surface area contributed by atoms with Crippen molar-refractivity contribution in [2.24, 2.45) is 5.16 Å². The smallest absolute Gasteiger partial charge is 0.113 e. The maximum absolute atomic E-state index is 9.45. The van der Waals surface area contributed by atoms with Crippen molar-refractivity contribution in [1.82, 2.24) is 4.73 Å². The van der Waals surface area contributed by atoms with Gasteiger partial charge in [0.25, 0.3) is 0 Å². The first-order valence-electron chi connectivity index (χ1n) is 3.90. The predicted molar refractivity (Wildman–Crippen MR) is 51.5 cm³/mol. The van der Waals surface area contributed by atoms with Crippen LogP contribution in [0.1, 0.15) is 0 Å². The van der Waals surface area contributed by atoms with Crippen LogP contribution in [0.15, 0.2) is 35.6 Å². The van der Waals surface area contributed by atoms with E-state index < -0.39 is 0 Å². The number of hydrogen-bond donors (Lipinski definition) is 2. The van der Waals surface area contributed by atoms with Crippen molar-refractivity contribution in [1.29, 1.82) is 0 Å². The molecule has 14 heavy (non-hydrogen) atoms. The summed E-state index contributed by atoms with van der Waals surface area (Å²) in [5.74, 6) is 0. The van der Waals surface area contributed by atoms with E-state index in [0.717, 1.165) is 4.73 Å². The van der Waals surface area contributed by atoms with Crippen LogP contribution in [0, 0.1) is 0 Å². The molecule has 0 atom stereocenters. The summed E-state index contributed by atoms with van der Waals surface area (Å²) in [5.41, 5.74) is 0.493. The number of fused-ring (bicyclic) bond motifs is 1. The topological polar surface area (TPSA) is 57.8 Å². The van der Waals surface area contributed by atoms with E-state index >= 15 is 0 Å². The third-order valence-corrected chi connectivity index (χ3v) is 2.20. The first-order chi connectivity index (χ1) is 6.72. The van der Waals surface area contributed by atoms with Gasteiger partial charge < -0.3 is 10.4 Å². The lowest BCUT2D eigenvalue weighted by Gasteiger charge is -2.03. The summed E-state index contributed by atoms with van der Waals surface area (Å²) < 4.78 is 0.926. The number of halogens is 1. The summed E-state index contributed by atoms with van der Waals surface area (Å²) in [6.07, 6.45) is 1.38. The van der Waals surface area contributed by atoms with Crippen molar-refractivity contribution < 1.29 is 10.4 Å². The average molecular weight is 211 g/mol. The molecule has 0 aliphatic heterocycles. The van der Waals surface area contributed by atoms with Gasteiger partial charge in [-0.1, -0.05) is 16.8 Å². The van der Waals surface area contributed by atoms with Crippen LogP contribution in [0.5, 0.6) is 0 Å². The lowest BCUT2D eigenvalue weighted by atomic mass is 10.2. The third-order valence-electron chi connectivity index (χ3n) is 1.96. The Balaban J connectivity index is 2.99.